The van der Waals surface area contributed by atoms with E-state index in [1.807, 2.05) is 0 Å². The van der Waals surface area contributed by atoms with Crippen molar-refractivity contribution >= 4 is 23.0 Å². The molecular weight excluding hydrogens is 230 g/mol. The van der Waals surface area contributed by atoms with Crippen molar-refractivity contribution < 1.29 is 4.92 Å². The largest absolute Gasteiger partial charge is 0.380 e. The van der Waals surface area contributed by atoms with E-state index in [-0.39, 0.29) is 5.69 Å². The smallest absolute Gasteiger partial charge is 0.271 e. The van der Waals surface area contributed by atoms with Gasteiger partial charge in [0.2, 0.25) is 0 Å². The average Bonchev–Trinajstić information content (AvgIpc) is 2.73. The molecule has 1 heterocycles. The number of hydrogen-bond donors (Lipinski definition) is 2. The summed E-state index contributed by atoms with van der Waals surface area (Å²) in [4.78, 5) is 10.1. The molecule has 1 aliphatic rings. The molecule has 5 nitrogen and oxygen atoms in total. The molecule has 1 aromatic rings. The van der Waals surface area contributed by atoms with Gasteiger partial charge >= 0.3 is 0 Å². The zero-order valence-corrected chi connectivity index (χ0v) is 9.33. The summed E-state index contributed by atoms with van der Waals surface area (Å²) < 4.78 is 0. The van der Waals surface area contributed by atoms with E-state index < -0.39 is 4.92 Å². The van der Waals surface area contributed by atoms with E-state index in [0.29, 0.717) is 11.1 Å². The van der Waals surface area contributed by atoms with Crippen molar-refractivity contribution in [3.8, 4) is 0 Å². The molecule has 1 unspecified atom stereocenters. The zero-order valence-electron chi connectivity index (χ0n) is 8.57. The van der Waals surface area contributed by atoms with Crippen molar-refractivity contribution in [3.05, 3.63) is 33.3 Å². The topological polar surface area (TPSA) is 67.2 Å². The van der Waals surface area contributed by atoms with Crippen LogP contribution in [-0.4, -0.2) is 24.1 Å². The molecule has 1 saturated heterocycles. The van der Waals surface area contributed by atoms with Gasteiger partial charge in [-0.15, -0.1) is 0 Å². The fraction of sp³-hybridized carbons (Fsp3) is 0.400. The molecule has 0 aromatic heterocycles. The maximum absolute atomic E-state index is 10.5. The summed E-state index contributed by atoms with van der Waals surface area (Å²) >= 11 is 5.96. The second kappa shape index (κ2) is 4.67. The third-order valence-electron chi connectivity index (χ3n) is 2.58. The Balaban J connectivity index is 2.12. The van der Waals surface area contributed by atoms with Crippen LogP contribution in [0.25, 0.3) is 0 Å². The lowest BCUT2D eigenvalue weighted by atomic mass is 10.2. The summed E-state index contributed by atoms with van der Waals surface area (Å²) in [5, 5.41) is 17.4. The summed E-state index contributed by atoms with van der Waals surface area (Å²) in [6.45, 7) is 1.88. The molecule has 0 amide bonds. The van der Waals surface area contributed by atoms with Crippen LogP contribution < -0.4 is 10.6 Å². The van der Waals surface area contributed by atoms with Gasteiger partial charge in [-0.1, -0.05) is 11.6 Å². The van der Waals surface area contributed by atoms with Gasteiger partial charge < -0.3 is 10.6 Å². The number of non-ortho nitro benzene ring substituents is 1. The predicted octanol–water partition coefficient (Wildman–Crippen LogP) is 2.02. The molecule has 0 spiro atoms. The standard InChI is InChI=1S/C10H12ClN3O2/c11-9-5-8(14(15)16)1-2-10(9)13-7-3-4-12-6-7/h1-2,5,7,12-13H,3-4,6H2. The zero-order chi connectivity index (χ0) is 11.5. The number of halogens is 1. The van der Waals surface area contributed by atoms with Crippen LogP contribution >= 0.6 is 11.6 Å². The highest BCUT2D eigenvalue weighted by atomic mass is 35.5. The highest BCUT2D eigenvalue weighted by Crippen LogP contribution is 2.27. The summed E-state index contributed by atoms with van der Waals surface area (Å²) in [5.74, 6) is 0. The van der Waals surface area contributed by atoms with Gasteiger partial charge in [0.15, 0.2) is 0 Å². The molecule has 86 valence electrons. The van der Waals surface area contributed by atoms with Crippen LogP contribution in [0.1, 0.15) is 6.42 Å². The molecule has 0 bridgehead atoms. The van der Waals surface area contributed by atoms with E-state index in [1.54, 1.807) is 6.07 Å². The third-order valence-corrected chi connectivity index (χ3v) is 2.90. The molecule has 2 N–H and O–H groups in total. The summed E-state index contributed by atoms with van der Waals surface area (Å²) in [7, 11) is 0. The minimum Gasteiger partial charge on any atom is -0.380 e. The molecule has 0 saturated carbocycles. The maximum Gasteiger partial charge on any atom is 0.271 e. The number of anilines is 1. The number of nitrogens with one attached hydrogen (secondary N) is 2. The van der Waals surface area contributed by atoms with Crippen molar-refractivity contribution in [2.75, 3.05) is 18.4 Å². The SMILES string of the molecule is O=[N+]([O-])c1ccc(NC2CCNC2)c(Cl)c1. The Labute approximate surface area is 97.9 Å². The summed E-state index contributed by atoms with van der Waals surface area (Å²) in [6.07, 6.45) is 1.04. The fourth-order valence-electron chi connectivity index (χ4n) is 1.73. The summed E-state index contributed by atoms with van der Waals surface area (Å²) in [6, 6.07) is 4.82. The van der Waals surface area contributed by atoms with Gasteiger partial charge in [0.05, 0.1) is 15.6 Å². The Morgan fingerprint density at radius 2 is 2.38 bits per heavy atom. The lowest BCUT2D eigenvalue weighted by Gasteiger charge is -2.13. The first kappa shape index (κ1) is 11.2. The van der Waals surface area contributed by atoms with E-state index in [0.717, 1.165) is 25.2 Å². The summed E-state index contributed by atoms with van der Waals surface area (Å²) in [5.41, 5.74) is 0.765. The highest BCUT2D eigenvalue weighted by Gasteiger charge is 2.16. The van der Waals surface area contributed by atoms with Crippen LogP contribution in [0.4, 0.5) is 11.4 Å². The van der Waals surface area contributed by atoms with Crippen LogP contribution in [0.2, 0.25) is 5.02 Å². The number of nitro groups is 1. The first-order chi connectivity index (χ1) is 7.66. The van der Waals surface area contributed by atoms with Crippen molar-refractivity contribution in [1.29, 1.82) is 0 Å². The van der Waals surface area contributed by atoms with Gasteiger partial charge in [-0.3, -0.25) is 10.1 Å². The van der Waals surface area contributed by atoms with Gasteiger partial charge in [-0.05, 0) is 19.0 Å². The van der Waals surface area contributed by atoms with Gasteiger partial charge in [0, 0.05) is 24.7 Å². The Morgan fingerprint density at radius 1 is 1.56 bits per heavy atom. The van der Waals surface area contributed by atoms with Crippen LogP contribution in [0.5, 0.6) is 0 Å². The van der Waals surface area contributed by atoms with Crippen molar-refractivity contribution in [3.63, 3.8) is 0 Å². The number of benzene rings is 1. The van der Waals surface area contributed by atoms with Crippen molar-refractivity contribution in [1.82, 2.24) is 5.32 Å². The molecule has 6 heteroatoms. The van der Waals surface area contributed by atoms with E-state index in [9.17, 15) is 10.1 Å². The number of nitro benzene ring substituents is 1. The molecular formula is C10H12ClN3O2. The molecule has 0 radical (unpaired) electrons. The van der Waals surface area contributed by atoms with Crippen LogP contribution in [0, 0.1) is 10.1 Å². The van der Waals surface area contributed by atoms with Crippen molar-refractivity contribution in [2.45, 2.75) is 12.5 Å². The number of nitrogens with zero attached hydrogens (tertiary/aromatic N) is 1. The molecule has 2 rings (SSSR count). The monoisotopic (exact) mass is 241 g/mol. The first-order valence-electron chi connectivity index (χ1n) is 5.08. The fourth-order valence-corrected chi connectivity index (χ4v) is 1.96. The predicted molar refractivity (Wildman–Crippen MR) is 63.0 cm³/mol. The lowest BCUT2D eigenvalue weighted by Crippen LogP contribution is -2.22. The number of hydrogen-bond acceptors (Lipinski definition) is 4. The molecule has 0 aliphatic carbocycles. The van der Waals surface area contributed by atoms with Gasteiger partial charge in [-0.2, -0.15) is 0 Å². The quantitative estimate of drug-likeness (QED) is 0.628. The molecule has 1 aromatic carbocycles. The first-order valence-corrected chi connectivity index (χ1v) is 5.46. The normalized spacial score (nSPS) is 19.7. The van der Waals surface area contributed by atoms with E-state index in [2.05, 4.69) is 10.6 Å². The third kappa shape index (κ3) is 2.43. The van der Waals surface area contributed by atoms with Crippen LogP contribution in [0.15, 0.2) is 18.2 Å². The molecule has 1 fully saturated rings. The van der Waals surface area contributed by atoms with Crippen LogP contribution in [0.3, 0.4) is 0 Å². The van der Waals surface area contributed by atoms with E-state index in [1.165, 1.54) is 12.1 Å². The molecule has 1 atom stereocenters. The molecule has 1 aliphatic heterocycles. The Morgan fingerprint density at radius 3 is 2.94 bits per heavy atom. The lowest BCUT2D eigenvalue weighted by molar-refractivity contribution is -0.384. The van der Waals surface area contributed by atoms with E-state index >= 15 is 0 Å². The minimum absolute atomic E-state index is 0.0140. The van der Waals surface area contributed by atoms with Gasteiger partial charge in [0.1, 0.15) is 0 Å². The Bertz CT molecular complexity index is 405. The Hall–Kier alpha value is -1.33. The van der Waals surface area contributed by atoms with Gasteiger partial charge in [0.25, 0.3) is 5.69 Å². The second-order valence-corrected chi connectivity index (χ2v) is 4.16. The number of rotatable bonds is 3. The average molecular weight is 242 g/mol. The van der Waals surface area contributed by atoms with E-state index in [4.69, 9.17) is 11.6 Å². The second-order valence-electron chi connectivity index (χ2n) is 3.76. The Kier molecular flexibility index (Phi) is 3.26. The van der Waals surface area contributed by atoms with Crippen LogP contribution in [-0.2, 0) is 0 Å². The molecule has 16 heavy (non-hydrogen) atoms. The maximum atomic E-state index is 10.5. The highest BCUT2D eigenvalue weighted by molar-refractivity contribution is 6.33. The minimum atomic E-state index is -0.452. The van der Waals surface area contributed by atoms with Gasteiger partial charge in [-0.25, -0.2) is 0 Å². The van der Waals surface area contributed by atoms with Crippen molar-refractivity contribution in [2.24, 2.45) is 0 Å².